The Bertz CT molecular complexity index is 477. The predicted octanol–water partition coefficient (Wildman–Crippen LogP) is 3.45. The quantitative estimate of drug-likeness (QED) is 0.795. The van der Waals surface area contributed by atoms with Gasteiger partial charge in [0.15, 0.2) is 0 Å². The van der Waals surface area contributed by atoms with Crippen molar-refractivity contribution in [2.24, 2.45) is 0 Å². The van der Waals surface area contributed by atoms with Gasteiger partial charge in [-0.25, -0.2) is 0 Å². The smallest absolute Gasteiger partial charge is 0.256 e. The lowest BCUT2D eigenvalue weighted by molar-refractivity contribution is -0.0445. The molecule has 1 aromatic rings. The van der Waals surface area contributed by atoms with E-state index < -0.39 is 0 Å². The maximum atomic E-state index is 12.5. The van der Waals surface area contributed by atoms with Gasteiger partial charge in [0.05, 0.1) is 28.7 Å². The fraction of sp³-hybridized carbons (Fsp3) is 0.583. The van der Waals surface area contributed by atoms with E-state index in [4.69, 9.17) is 27.9 Å². The summed E-state index contributed by atoms with van der Waals surface area (Å²) in [5.74, 6) is -0.0108. The van der Waals surface area contributed by atoms with Crippen LogP contribution in [0.15, 0.2) is 6.07 Å². The van der Waals surface area contributed by atoms with Crippen LogP contribution in [0, 0.1) is 0 Å². The van der Waals surface area contributed by atoms with E-state index in [0.717, 1.165) is 19.3 Å². The lowest BCUT2D eigenvalue weighted by Crippen LogP contribution is -2.51. The zero-order chi connectivity index (χ0) is 12.7. The number of amides is 1. The molecule has 2 fully saturated rings. The average Bonchev–Trinajstić information content (AvgIpc) is 2.94. The van der Waals surface area contributed by atoms with Gasteiger partial charge in [0, 0.05) is 6.54 Å². The van der Waals surface area contributed by atoms with Crippen LogP contribution in [-0.4, -0.2) is 36.1 Å². The molecule has 6 heteroatoms. The molecule has 1 saturated carbocycles. The predicted molar refractivity (Wildman–Crippen MR) is 72.8 cm³/mol. The van der Waals surface area contributed by atoms with Crippen LogP contribution >= 0.6 is 34.5 Å². The maximum absolute atomic E-state index is 12.5. The van der Waals surface area contributed by atoms with E-state index in [1.165, 1.54) is 11.3 Å². The highest BCUT2D eigenvalue weighted by atomic mass is 35.5. The van der Waals surface area contributed by atoms with Gasteiger partial charge in [0.2, 0.25) is 0 Å². The summed E-state index contributed by atoms with van der Waals surface area (Å²) < 4.78 is 6.74. The summed E-state index contributed by atoms with van der Waals surface area (Å²) in [5.41, 5.74) is 0.527. The number of halogens is 2. The highest BCUT2D eigenvalue weighted by molar-refractivity contribution is 7.20. The second kappa shape index (κ2) is 5.00. The zero-order valence-corrected chi connectivity index (χ0v) is 12.0. The normalized spacial score (nSPS) is 27.3. The van der Waals surface area contributed by atoms with Crippen LogP contribution in [0.5, 0.6) is 0 Å². The minimum absolute atomic E-state index is 0.0108. The third-order valence-corrected chi connectivity index (χ3v) is 5.12. The van der Waals surface area contributed by atoms with Crippen LogP contribution in [0.25, 0.3) is 0 Å². The Balaban J connectivity index is 1.85. The van der Waals surface area contributed by atoms with E-state index in [1.807, 2.05) is 4.90 Å². The molecule has 0 spiro atoms. The second-order valence-electron chi connectivity index (χ2n) is 4.64. The number of hydrogen-bond donors (Lipinski definition) is 0. The Morgan fingerprint density at radius 2 is 2.28 bits per heavy atom. The molecule has 2 atom stereocenters. The van der Waals surface area contributed by atoms with Gasteiger partial charge >= 0.3 is 0 Å². The molecule has 3 rings (SSSR count). The number of morpholine rings is 1. The van der Waals surface area contributed by atoms with Crippen molar-refractivity contribution < 1.29 is 9.53 Å². The van der Waals surface area contributed by atoms with Gasteiger partial charge in [-0.1, -0.05) is 23.2 Å². The molecule has 2 aliphatic rings. The first-order valence-electron chi connectivity index (χ1n) is 6.04. The fourth-order valence-corrected chi connectivity index (χ4v) is 4.27. The van der Waals surface area contributed by atoms with Crippen LogP contribution in [0.1, 0.15) is 29.6 Å². The van der Waals surface area contributed by atoms with Crippen molar-refractivity contribution >= 4 is 40.4 Å². The standard InChI is InChI=1S/C12H13Cl2NO2S/c13-10-6-7(11(14)18-10)12(16)15-4-5-17-9-3-1-2-8(9)15/h6,8-9H,1-5H2/t8-,9-/m1/s1. The van der Waals surface area contributed by atoms with Crippen molar-refractivity contribution in [2.45, 2.75) is 31.4 Å². The number of nitrogens with zero attached hydrogens (tertiary/aromatic N) is 1. The Kier molecular flexibility index (Phi) is 3.54. The Morgan fingerprint density at radius 3 is 3.00 bits per heavy atom. The summed E-state index contributed by atoms with van der Waals surface area (Å²) >= 11 is 13.2. The molecule has 98 valence electrons. The minimum atomic E-state index is -0.0108. The number of carbonyl (C=O) groups excluding carboxylic acids is 1. The van der Waals surface area contributed by atoms with Crippen LogP contribution in [0.3, 0.4) is 0 Å². The molecule has 0 aromatic carbocycles. The number of ether oxygens (including phenoxy) is 1. The molecular weight excluding hydrogens is 293 g/mol. The summed E-state index contributed by atoms with van der Waals surface area (Å²) in [7, 11) is 0. The SMILES string of the molecule is O=C(c1cc(Cl)sc1Cl)N1CCO[C@@H]2CCC[C@H]21. The van der Waals surface area contributed by atoms with Gasteiger partial charge in [-0.2, -0.15) is 0 Å². The molecule has 0 unspecified atom stereocenters. The number of carbonyl (C=O) groups is 1. The van der Waals surface area contributed by atoms with E-state index >= 15 is 0 Å². The van der Waals surface area contributed by atoms with E-state index in [9.17, 15) is 4.79 Å². The van der Waals surface area contributed by atoms with Crippen molar-refractivity contribution in [3.8, 4) is 0 Å². The highest BCUT2D eigenvalue weighted by Gasteiger charge is 2.39. The molecule has 1 aliphatic heterocycles. The van der Waals surface area contributed by atoms with Crippen LogP contribution in [0.2, 0.25) is 8.67 Å². The molecule has 2 heterocycles. The number of hydrogen-bond acceptors (Lipinski definition) is 3. The van der Waals surface area contributed by atoms with E-state index in [-0.39, 0.29) is 18.1 Å². The minimum Gasteiger partial charge on any atom is -0.374 e. The second-order valence-corrected chi connectivity index (χ2v) is 6.93. The Morgan fingerprint density at radius 1 is 1.44 bits per heavy atom. The topological polar surface area (TPSA) is 29.5 Å². The Labute approximate surface area is 120 Å². The fourth-order valence-electron chi connectivity index (χ4n) is 2.82. The van der Waals surface area contributed by atoms with Crippen molar-refractivity contribution in [2.75, 3.05) is 13.2 Å². The van der Waals surface area contributed by atoms with Gasteiger partial charge in [-0.05, 0) is 25.3 Å². The number of rotatable bonds is 1. The maximum Gasteiger partial charge on any atom is 0.256 e. The van der Waals surface area contributed by atoms with E-state index in [0.29, 0.717) is 27.4 Å². The summed E-state index contributed by atoms with van der Waals surface area (Å²) in [4.78, 5) is 14.4. The molecule has 18 heavy (non-hydrogen) atoms. The summed E-state index contributed by atoms with van der Waals surface area (Å²) in [5, 5.41) is 0. The molecule has 1 saturated heterocycles. The van der Waals surface area contributed by atoms with Gasteiger partial charge in [-0.15, -0.1) is 11.3 Å². The first-order chi connectivity index (χ1) is 8.66. The van der Waals surface area contributed by atoms with Gasteiger partial charge in [0.25, 0.3) is 5.91 Å². The van der Waals surface area contributed by atoms with Crippen molar-refractivity contribution in [3.63, 3.8) is 0 Å². The molecule has 0 N–H and O–H groups in total. The van der Waals surface area contributed by atoms with Crippen molar-refractivity contribution in [1.29, 1.82) is 0 Å². The van der Waals surface area contributed by atoms with E-state index in [2.05, 4.69) is 0 Å². The number of fused-ring (bicyclic) bond motifs is 1. The van der Waals surface area contributed by atoms with Crippen LogP contribution in [-0.2, 0) is 4.74 Å². The van der Waals surface area contributed by atoms with Gasteiger partial charge in [-0.3, -0.25) is 4.79 Å². The van der Waals surface area contributed by atoms with Crippen LogP contribution in [0.4, 0.5) is 0 Å². The first-order valence-corrected chi connectivity index (χ1v) is 7.61. The summed E-state index contributed by atoms with van der Waals surface area (Å²) in [6.45, 7) is 1.26. The third-order valence-electron chi connectivity index (χ3n) is 3.63. The van der Waals surface area contributed by atoms with Gasteiger partial charge < -0.3 is 9.64 Å². The first kappa shape index (κ1) is 12.7. The average molecular weight is 306 g/mol. The monoisotopic (exact) mass is 305 g/mol. The molecular formula is C12H13Cl2NO2S. The molecule has 0 bridgehead atoms. The van der Waals surface area contributed by atoms with Crippen LogP contribution < -0.4 is 0 Å². The summed E-state index contributed by atoms with van der Waals surface area (Å²) in [6.07, 6.45) is 3.39. The third kappa shape index (κ3) is 2.16. The molecule has 3 nitrogen and oxygen atoms in total. The zero-order valence-electron chi connectivity index (χ0n) is 9.70. The lowest BCUT2D eigenvalue weighted by Gasteiger charge is -2.37. The van der Waals surface area contributed by atoms with Crippen molar-refractivity contribution in [3.05, 3.63) is 20.3 Å². The molecule has 0 radical (unpaired) electrons. The summed E-state index contributed by atoms with van der Waals surface area (Å²) in [6, 6.07) is 1.87. The highest BCUT2D eigenvalue weighted by Crippen LogP contribution is 2.35. The molecule has 1 aliphatic carbocycles. The van der Waals surface area contributed by atoms with Crippen molar-refractivity contribution in [1.82, 2.24) is 4.90 Å². The molecule has 1 amide bonds. The largest absolute Gasteiger partial charge is 0.374 e. The number of thiophene rings is 1. The molecule has 1 aromatic heterocycles. The lowest BCUT2D eigenvalue weighted by atomic mass is 10.1. The van der Waals surface area contributed by atoms with E-state index in [1.54, 1.807) is 6.07 Å². The van der Waals surface area contributed by atoms with Gasteiger partial charge in [0.1, 0.15) is 4.34 Å². The Hall–Kier alpha value is -0.290.